The number of halogens is 3. The molecule has 38 heavy (non-hydrogen) atoms. The fraction of sp³-hybridized carbons (Fsp3) is 0.219. The van der Waals surface area contributed by atoms with Gasteiger partial charge in [0.15, 0.2) is 0 Å². The number of hydrogen-bond donors (Lipinski definition) is 1. The molecular formula is C32H30F3NO2. The largest absolute Gasteiger partial charge is 0.489 e. The van der Waals surface area contributed by atoms with Gasteiger partial charge < -0.3 is 14.9 Å². The quantitative estimate of drug-likeness (QED) is 0.226. The molecule has 4 rings (SSSR count). The molecular weight excluding hydrogens is 487 g/mol. The molecule has 0 amide bonds. The van der Waals surface area contributed by atoms with E-state index in [1.54, 1.807) is 13.0 Å². The topological polar surface area (TPSA) is 42.3 Å². The summed E-state index contributed by atoms with van der Waals surface area (Å²) < 4.78 is 51.4. The lowest BCUT2D eigenvalue weighted by atomic mass is 9.77. The average Bonchev–Trinajstić information content (AvgIpc) is 2.91. The lowest BCUT2D eigenvalue weighted by molar-refractivity contribution is -0.137. The maximum absolute atomic E-state index is 13.2. The SMILES string of the molecule is CC(=N)c1ccc(OCc2cccc(COc3ccc(C(C)(C)c4cccc(C(F)(F)F)c4)cc3)c2)cc1. The van der Waals surface area contributed by atoms with E-state index in [1.165, 1.54) is 12.1 Å². The molecule has 4 aromatic rings. The predicted molar refractivity (Wildman–Crippen MR) is 144 cm³/mol. The van der Waals surface area contributed by atoms with E-state index in [0.29, 0.717) is 30.2 Å². The van der Waals surface area contributed by atoms with E-state index in [1.807, 2.05) is 86.6 Å². The van der Waals surface area contributed by atoms with Gasteiger partial charge in [-0.25, -0.2) is 0 Å². The van der Waals surface area contributed by atoms with Crippen molar-refractivity contribution in [3.8, 4) is 11.5 Å². The van der Waals surface area contributed by atoms with Gasteiger partial charge in [-0.3, -0.25) is 0 Å². The zero-order chi connectivity index (χ0) is 27.3. The van der Waals surface area contributed by atoms with Crippen LogP contribution in [0.5, 0.6) is 11.5 Å². The molecule has 0 bridgehead atoms. The van der Waals surface area contributed by atoms with Gasteiger partial charge in [-0.1, -0.05) is 62.4 Å². The smallest absolute Gasteiger partial charge is 0.416 e. The van der Waals surface area contributed by atoms with Crippen molar-refractivity contribution in [1.29, 1.82) is 5.41 Å². The number of benzene rings is 4. The molecule has 0 aliphatic rings. The summed E-state index contributed by atoms with van der Waals surface area (Å²) in [4.78, 5) is 0. The molecule has 0 aliphatic heterocycles. The number of hydrogen-bond acceptors (Lipinski definition) is 3. The first kappa shape index (κ1) is 27.0. The van der Waals surface area contributed by atoms with Gasteiger partial charge in [-0.05, 0) is 83.3 Å². The van der Waals surface area contributed by atoms with Crippen LogP contribution in [0.2, 0.25) is 0 Å². The van der Waals surface area contributed by atoms with Crippen molar-refractivity contribution in [1.82, 2.24) is 0 Å². The highest BCUT2D eigenvalue weighted by atomic mass is 19.4. The molecule has 0 spiro atoms. The molecule has 0 heterocycles. The third-order valence-electron chi connectivity index (χ3n) is 6.58. The Kier molecular flexibility index (Phi) is 7.91. The molecule has 0 unspecified atom stereocenters. The molecule has 0 radical (unpaired) electrons. The lowest BCUT2D eigenvalue weighted by Gasteiger charge is -2.27. The molecule has 0 fully saturated rings. The highest BCUT2D eigenvalue weighted by molar-refractivity contribution is 5.96. The molecule has 0 aromatic heterocycles. The number of rotatable bonds is 9. The molecule has 0 atom stereocenters. The summed E-state index contributed by atoms with van der Waals surface area (Å²) in [5.74, 6) is 1.42. The van der Waals surface area contributed by atoms with Crippen LogP contribution in [0.1, 0.15) is 54.2 Å². The summed E-state index contributed by atoms with van der Waals surface area (Å²) in [6.07, 6.45) is -4.38. The minimum absolute atomic E-state index is 0.373. The molecule has 0 saturated carbocycles. The molecule has 196 valence electrons. The molecule has 1 N–H and O–H groups in total. The standard InChI is InChI=1S/C32H30F3NO2/c1-22(36)25-10-14-29(15-11-25)37-20-23-6-4-7-24(18-23)21-38-30-16-12-26(13-17-30)31(2,3)27-8-5-9-28(19-27)32(33,34)35/h4-19,36H,20-21H2,1-3H3. The summed E-state index contributed by atoms with van der Waals surface area (Å²) in [5, 5.41) is 7.68. The van der Waals surface area contributed by atoms with Crippen LogP contribution in [0.25, 0.3) is 0 Å². The van der Waals surface area contributed by atoms with Gasteiger partial charge in [0.25, 0.3) is 0 Å². The van der Waals surface area contributed by atoms with Crippen molar-refractivity contribution in [2.24, 2.45) is 0 Å². The van der Waals surface area contributed by atoms with Crippen LogP contribution in [0, 0.1) is 5.41 Å². The van der Waals surface area contributed by atoms with E-state index in [4.69, 9.17) is 14.9 Å². The first-order valence-electron chi connectivity index (χ1n) is 12.3. The summed E-state index contributed by atoms with van der Waals surface area (Å²) in [6, 6.07) is 28.4. The Morgan fingerprint density at radius 1 is 0.658 bits per heavy atom. The van der Waals surface area contributed by atoms with Crippen molar-refractivity contribution < 1.29 is 22.6 Å². The zero-order valence-corrected chi connectivity index (χ0v) is 21.6. The summed E-state index contributed by atoms with van der Waals surface area (Å²) in [7, 11) is 0. The number of nitrogens with one attached hydrogen (secondary N) is 1. The molecule has 0 saturated heterocycles. The second-order valence-corrected chi connectivity index (χ2v) is 9.77. The van der Waals surface area contributed by atoms with E-state index in [2.05, 4.69) is 0 Å². The van der Waals surface area contributed by atoms with Gasteiger partial charge >= 0.3 is 6.18 Å². The molecule has 6 heteroatoms. The fourth-order valence-corrected chi connectivity index (χ4v) is 4.16. The maximum Gasteiger partial charge on any atom is 0.416 e. The predicted octanol–water partition coefficient (Wildman–Crippen LogP) is 8.58. The molecule has 0 aliphatic carbocycles. The van der Waals surface area contributed by atoms with Crippen molar-refractivity contribution >= 4 is 5.71 Å². The van der Waals surface area contributed by atoms with Crippen LogP contribution in [0.15, 0.2) is 97.1 Å². The maximum atomic E-state index is 13.2. The van der Waals surface area contributed by atoms with Gasteiger partial charge in [0.2, 0.25) is 0 Å². The third kappa shape index (κ3) is 6.62. The number of ether oxygens (including phenoxy) is 2. The Morgan fingerprint density at radius 3 is 1.68 bits per heavy atom. The van der Waals surface area contributed by atoms with E-state index in [-0.39, 0.29) is 0 Å². The van der Waals surface area contributed by atoms with Crippen molar-refractivity contribution in [3.63, 3.8) is 0 Å². The second-order valence-electron chi connectivity index (χ2n) is 9.77. The third-order valence-corrected chi connectivity index (χ3v) is 6.58. The molecule has 3 nitrogen and oxygen atoms in total. The van der Waals surface area contributed by atoms with Crippen LogP contribution in [-0.4, -0.2) is 5.71 Å². The van der Waals surface area contributed by atoms with Gasteiger partial charge in [0.1, 0.15) is 24.7 Å². The number of alkyl halides is 3. The molecule has 4 aromatic carbocycles. The van der Waals surface area contributed by atoms with Crippen LogP contribution in [0.4, 0.5) is 13.2 Å². The van der Waals surface area contributed by atoms with Crippen LogP contribution in [0.3, 0.4) is 0 Å². The van der Waals surface area contributed by atoms with E-state index < -0.39 is 17.2 Å². The highest BCUT2D eigenvalue weighted by Gasteiger charge is 2.32. The first-order valence-corrected chi connectivity index (χ1v) is 12.3. The van der Waals surface area contributed by atoms with Crippen LogP contribution in [-0.2, 0) is 24.8 Å². The van der Waals surface area contributed by atoms with Gasteiger partial charge in [-0.15, -0.1) is 0 Å². The highest BCUT2D eigenvalue weighted by Crippen LogP contribution is 2.36. The van der Waals surface area contributed by atoms with E-state index in [9.17, 15) is 13.2 Å². The van der Waals surface area contributed by atoms with Crippen LogP contribution < -0.4 is 9.47 Å². The Hall–Kier alpha value is -4.06. The van der Waals surface area contributed by atoms with Crippen molar-refractivity contribution in [2.75, 3.05) is 0 Å². The normalized spacial score (nSPS) is 11.7. The summed E-state index contributed by atoms with van der Waals surface area (Å²) in [5.41, 5.74) is 3.62. The monoisotopic (exact) mass is 517 g/mol. The Bertz CT molecular complexity index is 1390. The Morgan fingerprint density at radius 2 is 1.16 bits per heavy atom. The summed E-state index contributed by atoms with van der Waals surface area (Å²) >= 11 is 0. The Balaban J connectivity index is 1.36. The van der Waals surface area contributed by atoms with Gasteiger partial charge in [0.05, 0.1) is 5.56 Å². The first-order chi connectivity index (χ1) is 18.0. The van der Waals surface area contributed by atoms with Gasteiger partial charge in [-0.2, -0.15) is 13.2 Å². The van der Waals surface area contributed by atoms with E-state index >= 15 is 0 Å². The Labute approximate surface area is 221 Å². The minimum Gasteiger partial charge on any atom is -0.489 e. The van der Waals surface area contributed by atoms with Crippen molar-refractivity contribution in [2.45, 2.75) is 45.6 Å². The minimum atomic E-state index is -4.38. The lowest BCUT2D eigenvalue weighted by Crippen LogP contribution is -2.20. The fourth-order valence-electron chi connectivity index (χ4n) is 4.16. The van der Waals surface area contributed by atoms with Crippen molar-refractivity contribution in [3.05, 3.63) is 130 Å². The van der Waals surface area contributed by atoms with Crippen LogP contribution >= 0.6 is 0 Å². The average molecular weight is 518 g/mol. The summed E-state index contributed by atoms with van der Waals surface area (Å²) in [6.45, 7) is 6.36. The van der Waals surface area contributed by atoms with Gasteiger partial charge in [0, 0.05) is 11.1 Å². The van der Waals surface area contributed by atoms with E-state index in [0.717, 1.165) is 34.1 Å². The zero-order valence-electron chi connectivity index (χ0n) is 21.6. The second kappa shape index (κ2) is 11.1.